The number of nitrogens with two attached hydrogens (primary N) is 1. The van der Waals surface area contributed by atoms with Gasteiger partial charge in [0, 0.05) is 12.5 Å². The number of benzene rings is 1. The molecule has 0 spiro atoms. The number of amides is 2. The number of carbonyl (C=O) groups is 2. The fraction of sp³-hybridized carbons (Fsp3) is 0.556. The van der Waals surface area contributed by atoms with Gasteiger partial charge in [0.1, 0.15) is 6.61 Å². The molecule has 2 amide bonds. The first-order valence-corrected chi connectivity index (χ1v) is 8.21. The van der Waals surface area contributed by atoms with Crippen molar-refractivity contribution in [1.29, 1.82) is 0 Å². The molecule has 5 heteroatoms. The molecule has 23 heavy (non-hydrogen) atoms. The second-order valence-electron chi connectivity index (χ2n) is 6.77. The van der Waals surface area contributed by atoms with Crippen molar-refractivity contribution in [2.24, 2.45) is 23.5 Å². The predicted molar refractivity (Wildman–Crippen MR) is 88.4 cm³/mol. The van der Waals surface area contributed by atoms with Gasteiger partial charge in [-0.15, -0.1) is 0 Å². The molecule has 0 heterocycles. The van der Waals surface area contributed by atoms with E-state index in [4.69, 9.17) is 10.5 Å². The van der Waals surface area contributed by atoms with Crippen LogP contribution < -0.4 is 11.1 Å². The van der Waals surface area contributed by atoms with E-state index in [2.05, 4.69) is 19.2 Å². The van der Waals surface area contributed by atoms with E-state index in [1.807, 2.05) is 30.3 Å². The van der Waals surface area contributed by atoms with Crippen molar-refractivity contribution in [2.75, 3.05) is 0 Å². The Morgan fingerprint density at radius 1 is 1.30 bits per heavy atom. The van der Waals surface area contributed by atoms with Gasteiger partial charge in [0.25, 0.3) is 0 Å². The summed E-state index contributed by atoms with van der Waals surface area (Å²) in [6, 6.07) is 9.63. The minimum Gasteiger partial charge on any atom is -0.445 e. The van der Waals surface area contributed by atoms with Crippen LogP contribution in [0.25, 0.3) is 0 Å². The summed E-state index contributed by atoms with van der Waals surface area (Å²) in [4.78, 5) is 23.1. The Hall–Kier alpha value is -2.04. The number of hydrogen-bond donors (Lipinski definition) is 2. The summed E-state index contributed by atoms with van der Waals surface area (Å²) in [6.45, 7) is 4.50. The van der Waals surface area contributed by atoms with Gasteiger partial charge in [-0.3, -0.25) is 4.79 Å². The van der Waals surface area contributed by atoms with E-state index < -0.39 is 6.09 Å². The first kappa shape index (κ1) is 17.3. The van der Waals surface area contributed by atoms with Crippen molar-refractivity contribution in [1.82, 2.24) is 5.32 Å². The van der Waals surface area contributed by atoms with Crippen LogP contribution in [-0.4, -0.2) is 18.0 Å². The van der Waals surface area contributed by atoms with Gasteiger partial charge in [0.15, 0.2) is 0 Å². The summed E-state index contributed by atoms with van der Waals surface area (Å²) in [5.41, 5.74) is 6.22. The molecule has 2 rings (SSSR count). The fourth-order valence-corrected chi connectivity index (χ4v) is 3.02. The standard InChI is InChI=1S/C18H26N2O3/c1-12(2)8-16(15-9-14(15)10-17(19)21)20-18(22)23-11-13-6-4-3-5-7-13/h3-7,12,14-16H,8-11H2,1-2H3,(H2,19,21)(H,20,22)/t14?,15?,16-/m0/s1. The third-order valence-corrected chi connectivity index (χ3v) is 4.20. The van der Waals surface area contributed by atoms with Crippen LogP contribution >= 0.6 is 0 Å². The van der Waals surface area contributed by atoms with Gasteiger partial charge in [0.05, 0.1) is 0 Å². The molecule has 0 radical (unpaired) electrons. The van der Waals surface area contributed by atoms with Gasteiger partial charge in [-0.25, -0.2) is 4.79 Å². The molecule has 1 aliphatic carbocycles. The van der Waals surface area contributed by atoms with Crippen molar-refractivity contribution in [3.05, 3.63) is 35.9 Å². The molecular formula is C18H26N2O3. The molecule has 3 atom stereocenters. The number of nitrogens with one attached hydrogen (secondary N) is 1. The monoisotopic (exact) mass is 318 g/mol. The summed E-state index contributed by atoms with van der Waals surface area (Å²) in [7, 11) is 0. The Morgan fingerprint density at radius 3 is 2.61 bits per heavy atom. The van der Waals surface area contributed by atoms with E-state index in [-0.39, 0.29) is 18.6 Å². The first-order valence-electron chi connectivity index (χ1n) is 8.21. The molecule has 1 fully saturated rings. The lowest BCUT2D eigenvalue weighted by Crippen LogP contribution is -2.38. The minimum atomic E-state index is -0.399. The lowest BCUT2D eigenvalue weighted by molar-refractivity contribution is -0.118. The topological polar surface area (TPSA) is 81.4 Å². The van der Waals surface area contributed by atoms with Crippen molar-refractivity contribution < 1.29 is 14.3 Å². The lowest BCUT2D eigenvalue weighted by Gasteiger charge is -2.20. The Kier molecular flexibility index (Phi) is 6.02. The van der Waals surface area contributed by atoms with Crippen molar-refractivity contribution in [3.8, 4) is 0 Å². The molecule has 3 N–H and O–H groups in total. The lowest BCUT2D eigenvalue weighted by atomic mass is 9.98. The predicted octanol–water partition coefficient (Wildman–Crippen LogP) is 2.84. The van der Waals surface area contributed by atoms with E-state index in [1.165, 1.54) is 0 Å². The van der Waals surface area contributed by atoms with E-state index >= 15 is 0 Å². The second kappa shape index (κ2) is 7.99. The zero-order valence-corrected chi connectivity index (χ0v) is 13.8. The molecule has 0 aliphatic heterocycles. The number of primary amides is 1. The molecule has 1 aromatic carbocycles. The molecule has 0 aromatic heterocycles. The second-order valence-corrected chi connectivity index (χ2v) is 6.77. The minimum absolute atomic E-state index is 0.0441. The van der Waals surface area contributed by atoms with Gasteiger partial charge in [-0.2, -0.15) is 0 Å². The first-order chi connectivity index (χ1) is 11.0. The quantitative estimate of drug-likeness (QED) is 0.773. The van der Waals surface area contributed by atoms with Crippen LogP contribution in [0.2, 0.25) is 0 Å². The summed E-state index contributed by atoms with van der Waals surface area (Å²) < 4.78 is 5.29. The number of carbonyl (C=O) groups excluding carboxylic acids is 2. The maximum atomic E-state index is 12.0. The molecule has 1 aromatic rings. The zero-order chi connectivity index (χ0) is 16.8. The number of rotatable bonds is 8. The maximum Gasteiger partial charge on any atom is 0.407 e. The third kappa shape index (κ3) is 5.93. The SMILES string of the molecule is CC(C)C[C@H](NC(=O)OCc1ccccc1)C1CC1CC(N)=O. The van der Waals surface area contributed by atoms with Gasteiger partial charge < -0.3 is 15.8 Å². The summed E-state index contributed by atoms with van der Waals surface area (Å²) in [5.74, 6) is 0.816. The smallest absolute Gasteiger partial charge is 0.407 e. The van der Waals surface area contributed by atoms with Crippen LogP contribution in [-0.2, 0) is 16.1 Å². The Labute approximate surface area is 137 Å². The van der Waals surface area contributed by atoms with Crippen molar-refractivity contribution >= 4 is 12.0 Å². The maximum absolute atomic E-state index is 12.0. The van der Waals surface area contributed by atoms with Gasteiger partial charge in [-0.05, 0) is 36.2 Å². The van der Waals surface area contributed by atoms with Gasteiger partial charge in [0.2, 0.25) is 5.91 Å². The summed E-state index contributed by atoms with van der Waals surface area (Å²) in [5, 5.41) is 2.97. The van der Waals surface area contributed by atoms with Crippen LogP contribution in [0.15, 0.2) is 30.3 Å². The zero-order valence-electron chi connectivity index (χ0n) is 13.8. The molecule has 0 bridgehead atoms. The number of hydrogen-bond acceptors (Lipinski definition) is 3. The van der Waals surface area contributed by atoms with E-state index in [9.17, 15) is 9.59 Å². The Balaban J connectivity index is 1.82. The highest BCUT2D eigenvalue weighted by Gasteiger charge is 2.44. The molecule has 2 unspecified atom stereocenters. The van der Waals surface area contributed by atoms with Crippen LogP contribution in [0.1, 0.15) is 38.7 Å². The van der Waals surface area contributed by atoms with Crippen LogP contribution in [0.3, 0.4) is 0 Å². The molecular weight excluding hydrogens is 292 g/mol. The largest absolute Gasteiger partial charge is 0.445 e. The molecule has 1 aliphatic rings. The van der Waals surface area contributed by atoms with Gasteiger partial charge in [-0.1, -0.05) is 44.2 Å². The Bertz CT molecular complexity index is 530. The fourth-order valence-electron chi connectivity index (χ4n) is 3.02. The van der Waals surface area contributed by atoms with Crippen LogP contribution in [0, 0.1) is 17.8 Å². The summed E-state index contributed by atoms with van der Waals surface area (Å²) >= 11 is 0. The van der Waals surface area contributed by atoms with E-state index in [0.29, 0.717) is 24.2 Å². The highest BCUT2D eigenvalue weighted by Crippen LogP contribution is 2.45. The van der Waals surface area contributed by atoms with Gasteiger partial charge >= 0.3 is 6.09 Å². The van der Waals surface area contributed by atoms with Crippen LogP contribution in [0.4, 0.5) is 4.79 Å². The van der Waals surface area contributed by atoms with E-state index in [0.717, 1.165) is 18.4 Å². The normalized spacial score (nSPS) is 20.8. The van der Waals surface area contributed by atoms with Crippen molar-refractivity contribution in [2.45, 2.75) is 45.8 Å². The van der Waals surface area contributed by atoms with Crippen molar-refractivity contribution in [3.63, 3.8) is 0 Å². The molecule has 126 valence electrons. The highest BCUT2D eigenvalue weighted by atomic mass is 16.5. The number of ether oxygens (including phenoxy) is 1. The average molecular weight is 318 g/mol. The highest BCUT2D eigenvalue weighted by molar-refractivity contribution is 5.74. The average Bonchev–Trinajstić information content (AvgIpc) is 3.23. The molecule has 1 saturated carbocycles. The summed E-state index contributed by atoms with van der Waals surface area (Å²) in [6.07, 6.45) is 1.82. The van der Waals surface area contributed by atoms with Crippen LogP contribution in [0.5, 0.6) is 0 Å². The van der Waals surface area contributed by atoms with E-state index in [1.54, 1.807) is 0 Å². The number of alkyl carbamates (subject to hydrolysis) is 1. The molecule has 5 nitrogen and oxygen atoms in total. The molecule has 0 saturated heterocycles. The Morgan fingerprint density at radius 2 is 2.00 bits per heavy atom. The third-order valence-electron chi connectivity index (χ3n) is 4.20.